The third-order valence-electron chi connectivity index (χ3n) is 21.8. The number of aliphatic hydroxyl groups is 2. The van der Waals surface area contributed by atoms with Gasteiger partial charge in [-0.1, -0.05) is 481 Å². The molecule has 0 saturated heterocycles. The third kappa shape index (κ3) is 83.3. The molecule has 98 heavy (non-hydrogen) atoms. The number of rotatable bonds is 87. The van der Waals surface area contributed by atoms with Crippen molar-refractivity contribution >= 4 is 11.9 Å². The molecular formula is C92H179NO5. The smallest absolute Gasteiger partial charge is 0.305 e. The zero-order valence-corrected chi connectivity index (χ0v) is 67.1. The first-order valence-electron chi connectivity index (χ1n) is 45.6. The number of carbonyl (C=O) groups excluding carboxylic acids is 2. The van der Waals surface area contributed by atoms with Crippen LogP contribution < -0.4 is 5.32 Å². The molecular weight excluding hydrogens is 1200 g/mol. The molecule has 0 aliphatic carbocycles. The molecule has 6 heteroatoms. The van der Waals surface area contributed by atoms with E-state index in [4.69, 9.17) is 4.74 Å². The zero-order valence-electron chi connectivity index (χ0n) is 67.1. The van der Waals surface area contributed by atoms with E-state index in [1.165, 1.54) is 449 Å². The van der Waals surface area contributed by atoms with Gasteiger partial charge in [0.25, 0.3) is 0 Å². The minimum absolute atomic E-state index is 0.0254. The summed E-state index contributed by atoms with van der Waals surface area (Å²) in [5, 5.41) is 23.5. The van der Waals surface area contributed by atoms with E-state index in [1.807, 2.05) is 0 Å². The molecule has 0 bridgehead atoms. The standard InChI is InChI=1S/C92H179NO5/c1-3-5-7-9-11-13-15-17-19-21-23-24-25-43-46-49-52-56-60-64-68-72-76-80-84-90(95)89(88-94)93-91(96)85-81-77-73-69-65-61-57-53-50-47-44-41-39-37-35-33-31-29-27-26-28-30-32-34-36-38-40-42-45-48-51-55-59-63-67-71-75-79-83-87-98-92(97)86-82-78-74-70-66-62-58-54-22-20-18-16-14-12-10-8-6-4-2/h26-27,30,32,89-90,94-95H,3-25,28-29,31,33-88H2,1-2H3,(H,93,96)/b27-26-,32-30-. The number of amides is 1. The molecule has 3 N–H and O–H groups in total. The van der Waals surface area contributed by atoms with Crippen molar-refractivity contribution in [2.24, 2.45) is 0 Å². The predicted molar refractivity (Wildman–Crippen MR) is 435 cm³/mol. The van der Waals surface area contributed by atoms with Gasteiger partial charge in [-0.2, -0.15) is 0 Å². The van der Waals surface area contributed by atoms with Crippen LogP contribution in [0.2, 0.25) is 0 Å². The summed E-state index contributed by atoms with van der Waals surface area (Å²) in [6.45, 7) is 5.03. The fourth-order valence-corrected chi connectivity index (χ4v) is 14.9. The highest BCUT2D eigenvalue weighted by molar-refractivity contribution is 5.76. The normalized spacial score (nSPS) is 12.5. The fraction of sp³-hybridized carbons (Fsp3) is 0.935. The Hall–Kier alpha value is -1.66. The second-order valence-corrected chi connectivity index (χ2v) is 31.6. The number of unbranched alkanes of at least 4 members (excludes halogenated alkanes) is 72. The molecule has 0 fully saturated rings. The molecule has 582 valence electrons. The number of hydrogen-bond donors (Lipinski definition) is 3. The monoisotopic (exact) mass is 1380 g/mol. The summed E-state index contributed by atoms with van der Waals surface area (Å²) in [7, 11) is 0. The number of carbonyl (C=O) groups is 2. The van der Waals surface area contributed by atoms with Crippen LogP contribution in [0.25, 0.3) is 0 Å². The van der Waals surface area contributed by atoms with Gasteiger partial charge < -0.3 is 20.3 Å². The van der Waals surface area contributed by atoms with Crippen molar-refractivity contribution in [1.29, 1.82) is 0 Å². The first kappa shape index (κ1) is 96.3. The van der Waals surface area contributed by atoms with Crippen molar-refractivity contribution in [1.82, 2.24) is 5.32 Å². The van der Waals surface area contributed by atoms with Gasteiger partial charge in [0, 0.05) is 12.8 Å². The van der Waals surface area contributed by atoms with Crippen molar-refractivity contribution in [3.63, 3.8) is 0 Å². The minimum atomic E-state index is -0.664. The van der Waals surface area contributed by atoms with Crippen LogP contribution in [-0.2, 0) is 14.3 Å². The molecule has 0 radical (unpaired) electrons. The topological polar surface area (TPSA) is 95.9 Å². The van der Waals surface area contributed by atoms with Crippen LogP contribution >= 0.6 is 0 Å². The molecule has 6 nitrogen and oxygen atoms in total. The SMILES string of the molecule is CCCCCCCCCCCCCCCCCCCCCCCCCCC(O)C(CO)NC(=O)CCCCCCCCCCCCCCCCCCC/C=C\C/C=C\CCCCCCCCCCCCCCCCCOC(=O)CCCCCCCCCCCCCCCCCCCC. The van der Waals surface area contributed by atoms with E-state index in [0.717, 1.165) is 44.9 Å². The number of aliphatic hydroxyl groups excluding tert-OH is 2. The highest BCUT2D eigenvalue weighted by Crippen LogP contribution is 2.21. The Labute approximate surface area is 615 Å². The lowest BCUT2D eigenvalue weighted by Crippen LogP contribution is -2.45. The van der Waals surface area contributed by atoms with E-state index in [1.54, 1.807) is 0 Å². The maximum Gasteiger partial charge on any atom is 0.305 e. The molecule has 0 heterocycles. The van der Waals surface area contributed by atoms with E-state index in [0.29, 0.717) is 25.9 Å². The Bertz CT molecular complexity index is 1550. The lowest BCUT2D eigenvalue weighted by molar-refractivity contribution is -0.143. The second-order valence-electron chi connectivity index (χ2n) is 31.6. The number of hydrogen-bond acceptors (Lipinski definition) is 5. The largest absolute Gasteiger partial charge is 0.466 e. The Balaban J connectivity index is 3.34. The number of allylic oxidation sites excluding steroid dienone is 4. The maximum atomic E-state index is 12.6. The summed E-state index contributed by atoms with van der Waals surface area (Å²) >= 11 is 0. The summed E-state index contributed by atoms with van der Waals surface area (Å²) in [5.41, 5.74) is 0. The fourth-order valence-electron chi connectivity index (χ4n) is 14.9. The van der Waals surface area contributed by atoms with E-state index >= 15 is 0 Å². The van der Waals surface area contributed by atoms with Crippen LogP contribution in [0.5, 0.6) is 0 Å². The second kappa shape index (κ2) is 87.7. The summed E-state index contributed by atoms with van der Waals surface area (Å²) in [6, 6.07) is -0.541. The predicted octanol–water partition coefficient (Wildman–Crippen LogP) is 30.7. The number of esters is 1. The summed E-state index contributed by atoms with van der Waals surface area (Å²) in [6.07, 6.45) is 115. The van der Waals surface area contributed by atoms with Crippen LogP contribution in [0.15, 0.2) is 24.3 Å². The zero-order chi connectivity index (χ0) is 70.5. The third-order valence-corrected chi connectivity index (χ3v) is 21.8. The molecule has 1 amide bonds. The molecule has 0 aromatic heterocycles. The van der Waals surface area contributed by atoms with Crippen molar-refractivity contribution in [3.8, 4) is 0 Å². The van der Waals surface area contributed by atoms with Gasteiger partial charge in [0.05, 0.1) is 25.4 Å². The Morgan fingerprint density at radius 3 is 0.776 bits per heavy atom. The first-order valence-corrected chi connectivity index (χ1v) is 45.6. The van der Waals surface area contributed by atoms with Gasteiger partial charge in [0.1, 0.15) is 0 Å². The number of nitrogens with one attached hydrogen (secondary N) is 1. The summed E-state index contributed by atoms with van der Waals surface area (Å²) < 4.78 is 5.52. The molecule has 2 atom stereocenters. The van der Waals surface area contributed by atoms with Crippen LogP contribution in [-0.4, -0.2) is 47.4 Å². The van der Waals surface area contributed by atoms with Gasteiger partial charge in [0.2, 0.25) is 5.91 Å². The Morgan fingerprint density at radius 1 is 0.286 bits per heavy atom. The van der Waals surface area contributed by atoms with E-state index in [2.05, 4.69) is 43.5 Å². The Morgan fingerprint density at radius 2 is 0.510 bits per heavy atom. The highest BCUT2D eigenvalue weighted by Gasteiger charge is 2.20. The van der Waals surface area contributed by atoms with Crippen LogP contribution in [0.4, 0.5) is 0 Å². The van der Waals surface area contributed by atoms with Crippen LogP contribution in [0.1, 0.15) is 528 Å². The number of ether oxygens (including phenoxy) is 1. The van der Waals surface area contributed by atoms with Crippen molar-refractivity contribution in [2.45, 2.75) is 540 Å². The molecule has 0 aromatic rings. The molecule has 0 aromatic carbocycles. The highest BCUT2D eigenvalue weighted by atomic mass is 16.5. The molecule has 0 rings (SSSR count). The molecule has 2 unspecified atom stereocenters. The Kier molecular flexibility index (Phi) is 86.3. The van der Waals surface area contributed by atoms with Gasteiger partial charge in [-0.15, -0.1) is 0 Å². The molecule has 0 aliphatic rings. The van der Waals surface area contributed by atoms with Gasteiger partial charge in [-0.05, 0) is 57.8 Å². The minimum Gasteiger partial charge on any atom is -0.466 e. The summed E-state index contributed by atoms with van der Waals surface area (Å²) in [4.78, 5) is 24.7. The lowest BCUT2D eigenvalue weighted by Gasteiger charge is -2.22. The van der Waals surface area contributed by atoms with Crippen molar-refractivity contribution in [3.05, 3.63) is 24.3 Å². The van der Waals surface area contributed by atoms with Gasteiger partial charge >= 0.3 is 5.97 Å². The summed E-state index contributed by atoms with van der Waals surface area (Å²) in [5.74, 6) is 0.000758. The lowest BCUT2D eigenvalue weighted by atomic mass is 10.0. The van der Waals surface area contributed by atoms with Gasteiger partial charge in [-0.3, -0.25) is 9.59 Å². The molecule has 0 aliphatic heterocycles. The first-order chi connectivity index (χ1) is 48.5. The molecule has 0 spiro atoms. The maximum absolute atomic E-state index is 12.6. The van der Waals surface area contributed by atoms with Gasteiger partial charge in [0.15, 0.2) is 0 Å². The van der Waals surface area contributed by atoms with Crippen molar-refractivity contribution < 1.29 is 24.5 Å². The van der Waals surface area contributed by atoms with E-state index < -0.39 is 12.1 Å². The van der Waals surface area contributed by atoms with Gasteiger partial charge in [-0.25, -0.2) is 0 Å². The average Bonchev–Trinajstić information content (AvgIpc) is 2.56. The molecule has 0 saturated carbocycles. The van der Waals surface area contributed by atoms with E-state index in [-0.39, 0.29) is 18.5 Å². The van der Waals surface area contributed by atoms with Crippen LogP contribution in [0.3, 0.4) is 0 Å². The quantitative estimate of drug-likeness (QED) is 0.0320. The van der Waals surface area contributed by atoms with Crippen LogP contribution in [0, 0.1) is 0 Å². The van der Waals surface area contributed by atoms with Crippen molar-refractivity contribution in [2.75, 3.05) is 13.2 Å². The average molecular weight is 1380 g/mol. The van der Waals surface area contributed by atoms with E-state index in [9.17, 15) is 19.8 Å².